The zero-order chi connectivity index (χ0) is 42.8. The van der Waals surface area contributed by atoms with Crippen molar-refractivity contribution in [2.75, 3.05) is 0 Å². The van der Waals surface area contributed by atoms with Gasteiger partial charge in [-0.3, -0.25) is 0 Å². The van der Waals surface area contributed by atoms with Gasteiger partial charge in [0.25, 0.3) is 0 Å². The summed E-state index contributed by atoms with van der Waals surface area (Å²) in [4.78, 5) is 62.4. The van der Waals surface area contributed by atoms with Crippen LogP contribution >= 0.6 is 147 Å². The standard InChI is InChI=1S/C39H15N13S13/c1-2-54-28(40-1)17-4-56-30(42-17)19-6-58-32(44-19)21-8-60-34(46-21)23-10-62-36(48-23)25-12-64-38(50-25)27-14-65-39(52-27)26-13-63-37(51-26)24-11-61-35(49-24)22-9-59-33(47-22)20-7-57-31(45-20)18-5-55-29(43-18)16-3-53-15-41-16/h1-15H. The normalized spacial score (nSPS) is 11.7. The van der Waals surface area contributed by atoms with Crippen LogP contribution in [0.15, 0.2) is 81.6 Å². The Balaban J connectivity index is 0.661. The van der Waals surface area contributed by atoms with Crippen LogP contribution in [0.3, 0.4) is 0 Å². The predicted molar refractivity (Wildman–Crippen MR) is 275 cm³/mol. The van der Waals surface area contributed by atoms with E-state index >= 15 is 0 Å². The molecular formula is C39H15N13S13. The lowest BCUT2D eigenvalue weighted by Crippen LogP contribution is -1.83. The van der Waals surface area contributed by atoms with Crippen molar-refractivity contribution < 1.29 is 0 Å². The van der Waals surface area contributed by atoms with Gasteiger partial charge >= 0.3 is 0 Å². The molecule has 65 heavy (non-hydrogen) atoms. The Morgan fingerprint density at radius 2 is 0.446 bits per heavy atom. The van der Waals surface area contributed by atoms with Gasteiger partial charge in [0.2, 0.25) is 0 Å². The molecule has 0 spiro atoms. The van der Waals surface area contributed by atoms with Crippen LogP contribution in [0, 0.1) is 0 Å². The van der Waals surface area contributed by atoms with Gasteiger partial charge in [0.15, 0.2) is 0 Å². The smallest absolute Gasteiger partial charge is 0.143 e. The van der Waals surface area contributed by atoms with Crippen molar-refractivity contribution >= 4 is 147 Å². The summed E-state index contributed by atoms with van der Waals surface area (Å²) in [6.07, 6.45) is 1.79. The van der Waals surface area contributed by atoms with Crippen molar-refractivity contribution in [1.29, 1.82) is 0 Å². The number of rotatable bonds is 12. The van der Waals surface area contributed by atoms with E-state index in [2.05, 4.69) is 9.97 Å². The zero-order valence-corrected chi connectivity index (χ0v) is 42.4. The van der Waals surface area contributed by atoms with Gasteiger partial charge in [-0.05, 0) is 0 Å². The molecule has 0 aliphatic rings. The van der Waals surface area contributed by atoms with Crippen molar-refractivity contribution in [3.63, 3.8) is 0 Å². The molecule has 0 saturated heterocycles. The lowest BCUT2D eigenvalue weighted by atomic mass is 10.4. The van der Waals surface area contributed by atoms with Gasteiger partial charge < -0.3 is 0 Å². The van der Waals surface area contributed by atoms with Crippen LogP contribution in [0.2, 0.25) is 0 Å². The summed E-state index contributed by atoms with van der Waals surface area (Å²) in [7, 11) is 0. The molecule has 13 aromatic rings. The predicted octanol–water partition coefficient (Wildman–Crippen LogP) is 14.6. The minimum absolute atomic E-state index is 0.812. The topological polar surface area (TPSA) is 168 Å². The molecule has 0 aliphatic carbocycles. The average Bonchev–Trinajstić information content (AvgIpc) is 4.17. The minimum Gasteiger partial charge on any atom is -0.243 e. The molecule has 26 heteroatoms. The Kier molecular flexibility index (Phi) is 10.7. The third-order valence-corrected chi connectivity index (χ3v) is 19.9. The number of thiazole rings is 13. The maximum atomic E-state index is 4.94. The number of nitrogens with zero attached hydrogens (tertiary/aromatic N) is 13. The molecule has 0 atom stereocenters. The molecule has 0 saturated carbocycles. The summed E-state index contributed by atoms with van der Waals surface area (Å²) < 4.78 is 0. The number of hydrogen-bond acceptors (Lipinski definition) is 26. The molecule has 0 aromatic carbocycles. The monoisotopic (exact) mass is 1080 g/mol. The lowest BCUT2D eigenvalue weighted by molar-refractivity contribution is 1.28. The van der Waals surface area contributed by atoms with E-state index in [1.165, 1.54) is 0 Å². The maximum absolute atomic E-state index is 4.94. The molecule has 13 nitrogen and oxygen atoms in total. The van der Waals surface area contributed by atoms with Crippen molar-refractivity contribution in [1.82, 2.24) is 64.8 Å². The molecule has 0 aliphatic heterocycles. The maximum Gasteiger partial charge on any atom is 0.143 e. The highest BCUT2D eigenvalue weighted by atomic mass is 32.1. The number of hydrogen-bond donors (Lipinski definition) is 0. The SMILES string of the molecule is c1csc(-c2csc(-c3csc(-c4csc(-c5csc(-c6csc(-c7csc(-c8csc(-c9csc(-c%10csc(-c%11csc(-c%12csc(-c%13cscn%13)n%12)n%11)n%10)n9)n8)n7)n6)n5)n4)n3)n2)n1. The summed E-state index contributed by atoms with van der Waals surface area (Å²) in [5, 5.41) is 36.5. The second-order valence-corrected chi connectivity index (χ2v) is 24.2. The molecule has 13 aromatic heterocycles. The van der Waals surface area contributed by atoms with Crippen LogP contribution in [-0.2, 0) is 0 Å². The van der Waals surface area contributed by atoms with Crippen LogP contribution in [0.5, 0.6) is 0 Å². The van der Waals surface area contributed by atoms with Gasteiger partial charge in [0, 0.05) is 76.1 Å². The second kappa shape index (κ2) is 17.1. The van der Waals surface area contributed by atoms with Crippen LogP contribution in [0.4, 0.5) is 0 Å². The van der Waals surface area contributed by atoms with E-state index in [9.17, 15) is 0 Å². The van der Waals surface area contributed by atoms with E-state index in [1.807, 2.05) is 75.5 Å². The van der Waals surface area contributed by atoms with Gasteiger partial charge in [0.05, 0.1) is 5.51 Å². The first-order valence-corrected chi connectivity index (χ1v) is 29.9. The van der Waals surface area contributed by atoms with Crippen molar-refractivity contribution in [2.24, 2.45) is 0 Å². The van der Waals surface area contributed by atoms with E-state index < -0.39 is 0 Å². The summed E-state index contributed by atoms with van der Waals surface area (Å²) in [6.45, 7) is 0. The molecular weight excluding hydrogens is 1070 g/mol. The van der Waals surface area contributed by atoms with Crippen molar-refractivity contribution in [2.45, 2.75) is 0 Å². The fourth-order valence-corrected chi connectivity index (χ4v) is 16.5. The second-order valence-electron chi connectivity index (χ2n) is 13.1. The molecule has 0 N–H and O–H groups in total. The molecule has 13 heterocycles. The fourth-order valence-electron chi connectivity index (χ4n) is 6.05. The van der Waals surface area contributed by atoms with Crippen LogP contribution in [-0.4, -0.2) is 64.8 Å². The fraction of sp³-hybridized carbons (Fsp3) is 0. The molecule has 0 radical (unpaired) electrons. The van der Waals surface area contributed by atoms with Crippen molar-refractivity contribution in [3.05, 3.63) is 81.6 Å². The molecule has 0 fully saturated rings. The first kappa shape index (κ1) is 40.5. The van der Waals surface area contributed by atoms with Crippen LogP contribution in [0.25, 0.3) is 128 Å². The third-order valence-electron chi connectivity index (χ3n) is 9.04. The Morgan fingerprint density at radius 3 is 0.646 bits per heavy atom. The molecule has 314 valence electrons. The van der Waals surface area contributed by atoms with E-state index in [-0.39, 0.29) is 0 Å². The highest BCUT2D eigenvalue weighted by Crippen LogP contribution is 2.41. The molecule has 0 amide bonds. The quantitative estimate of drug-likeness (QED) is 0.113. The van der Waals surface area contributed by atoms with Gasteiger partial charge in [-0.1, -0.05) is 0 Å². The van der Waals surface area contributed by atoms with Gasteiger partial charge in [-0.25, -0.2) is 64.8 Å². The molecule has 13 rings (SSSR count). The van der Waals surface area contributed by atoms with Crippen LogP contribution < -0.4 is 0 Å². The highest BCUT2D eigenvalue weighted by molar-refractivity contribution is 7.20. The highest BCUT2D eigenvalue weighted by Gasteiger charge is 2.21. The van der Waals surface area contributed by atoms with E-state index in [0.29, 0.717) is 0 Å². The largest absolute Gasteiger partial charge is 0.243 e. The summed E-state index contributed by atoms with van der Waals surface area (Å²) in [5.74, 6) is 0. The molecule has 0 bridgehead atoms. The number of aromatic nitrogens is 13. The summed E-state index contributed by atoms with van der Waals surface area (Å²) >= 11 is 20.3. The first-order chi connectivity index (χ1) is 32.1. The summed E-state index contributed by atoms with van der Waals surface area (Å²) in [5.41, 5.74) is 11.8. The van der Waals surface area contributed by atoms with Crippen LogP contribution in [0.1, 0.15) is 0 Å². The van der Waals surface area contributed by atoms with Crippen molar-refractivity contribution in [3.8, 4) is 128 Å². The Labute approximate surface area is 417 Å². The lowest BCUT2D eigenvalue weighted by Gasteiger charge is -1.91. The van der Waals surface area contributed by atoms with Gasteiger partial charge in [-0.2, -0.15) is 0 Å². The Bertz CT molecular complexity index is 3490. The van der Waals surface area contributed by atoms with Gasteiger partial charge in [0.1, 0.15) is 128 Å². The van der Waals surface area contributed by atoms with E-state index in [1.54, 1.807) is 154 Å². The average molecular weight is 1080 g/mol. The Hall–Kier alpha value is -4.81. The Morgan fingerprint density at radius 1 is 0.215 bits per heavy atom. The first-order valence-electron chi connectivity index (χ1n) is 18.4. The van der Waals surface area contributed by atoms with E-state index in [0.717, 1.165) is 128 Å². The van der Waals surface area contributed by atoms with E-state index in [4.69, 9.17) is 54.8 Å². The third kappa shape index (κ3) is 7.94. The minimum atomic E-state index is 0.812. The zero-order valence-electron chi connectivity index (χ0n) is 31.8. The summed E-state index contributed by atoms with van der Waals surface area (Å²) in [6, 6.07) is 0. The van der Waals surface area contributed by atoms with Gasteiger partial charge in [-0.15, -0.1) is 147 Å². The molecule has 0 unspecified atom stereocenters.